The number of nitrogens with zero attached hydrogens (tertiary/aromatic N) is 5. The van der Waals surface area contributed by atoms with Gasteiger partial charge in [0.25, 0.3) is 0 Å². The number of imidazole rings is 1. The molecule has 10 nitrogen and oxygen atoms in total. The first-order chi connectivity index (χ1) is 17.7. The summed E-state index contributed by atoms with van der Waals surface area (Å²) in [7, 11) is 1.72. The van der Waals surface area contributed by atoms with Crippen LogP contribution in [0.1, 0.15) is 0 Å². The van der Waals surface area contributed by atoms with E-state index in [4.69, 9.17) is 19.2 Å². The molecule has 3 aromatic heterocycles. The molecule has 0 amide bonds. The lowest BCUT2D eigenvalue weighted by atomic mass is 10.0. The molecule has 0 aliphatic carbocycles. The van der Waals surface area contributed by atoms with Gasteiger partial charge in [-0.3, -0.25) is 0 Å². The number of anilines is 4. The van der Waals surface area contributed by atoms with Crippen LogP contribution in [0.25, 0.3) is 16.9 Å². The molecule has 3 aliphatic heterocycles. The largest absolute Gasteiger partial charge is 0.495 e. The molecule has 2 fully saturated rings. The van der Waals surface area contributed by atoms with Crippen LogP contribution in [0.3, 0.4) is 0 Å². The van der Waals surface area contributed by atoms with Crippen LogP contribution in [-0.4, -0.2) is 65.9 Å². The van der Waals surface area contributed by atoms with Crippen molar-refractivity contribution in [1.29, 1.82) is 0 Å². The molecule has 6 heterocycles. The van der Waals surface area contributed by atoms with Gasteiger partial charge in [0.15, 0.2) is 11.5 Å². The van der Waals surface area contributed by atoms with Gasteiger partial charge in [-0.05, 0) is 18.2 Å². The highest BCUT2D eigenvalue weighted by Crippen LogP contribution is 2.39. The molecule has 184 valence electrons. The monoisotopic (exact) mass is 485 g/mol. The van der Waals surface area contributed by atoms with Crippen LogP contribution in [-0.2, 0) is 4.74 Å². The van der Waals surface area contributed by atoms with Gasteiger partial charge >= 0.3 is 0 Å². The van der Waals surface area contributed by atoms with Crippen molar-refractivity contribution in [2.24, 2.45) is 11.8 Å². The zero-order chi connectivity index (χ0) is 24.1. The minimum atomic E-state index is 0.605. The third-order valence-electron chi connectivity index (χ3n) is 7.20. The fourth-order valence-corrected chi connectivity index (χ4v) is 5.36. The normalized spacial score (nSPS) is 20.5. The second-order valence-electron chi connectivity index (χ2n) is 9.46. The smallest absolute Gasteiger partial charge is 0.237 e. The predicted molar refractivity (Wildman–Crippen MR) is 136 cm³/mol. The Morgan fingerprint density at radius 3 is 2.89 bits per heavy atom. The van der Waals surface area contributed by atoms with E-state index in [2.05, 4.69) is 37.6 Å². The summed E-state index contributed by atoms with van der Waals surface area (Å²) < 4.78 is 19.0. The molecule has 7 rings (SSSR count). The highest BCUT2D eigenvalue weighted by atomic mass is 16.5. The van der Waals surface area contributed by atoms with E-state index >= 15 is 0 Å². The van der Waals surface area contributed by atoms with Crippen molar-refractivity contribution in [3.63, 3.8) is 0 Å². The van der Waals surface area contributed by atoms with Crippen molar-refractivity contribution >= 4 is 28.5 Å². The number of aromatic nitrogens is 4. The molecule has 10 heteroatoms. The zero-order valence-corrected chi connectivity index (χ0v) is 20.0. The maximum absolute atomic E-state index is 5.80. The number of fused-ring (bicyclic) bond motifs is 3. The van der Waals surface area contributed by atoms with E-state index in [0.717, 1.165) is 72.6 Å². The molecule has 0 saturated carbocycles. The van der Waals surface area contributed by atoms with Gasteiger partial charge in [0.2, 0.25) is 5.88 Å². The van der Waals surface area contributed by atoms with Crippen LogP contribution in [0.4, 0.5) is 22.9 Å². The number of nitrogens with one attached hydrogen (secondary N) is 2. The van der Waals surface area contributed by atoms with Gasteiger partial charge in [0.05, 0.1) is 37.4 Å². The second-order valence-corrected chi connectivity index (χ2v) is 9.46. The molecule has 4 aromatic rings. The first-order valence-electron chi connectivity index (χ1n) is 12.2. The molecule has 0 radical (unpaired) electrons. The molecule has 2 atom stereocenters. The van der Waals surface area contributed by atoms with Crippen LogP contribution < -0.4 is 25.0 Å². The fraction of sp³-hybridized carbons (Fsp3) is 0.346. The first kappa shape index (κ1) is 21.3. The molecule has 1 aromatic carbocycles. The molecule has 0 spiro atoms. The number of pyridine rings is 1. The summed E-state index contributed by atoms with van der Waals surface area (Å²) >= 11 is 0. The summed E-state index contributed by atoms with van der Waals surface area (Å²) in [5.41, 5.74) is 5.27. The average Bonchev–Trinajstić information content (AvgIpc) is 3.65. The Balaban J connectivity index is 1.20. The maximum Gasteiger partial charge on any atom is 0.237 e. The van der Waals surface area contributed by atoms with E-state index in [1.54, 1.807) is 19.5 Å². The molecule has 36 heavy (non-hydrogen) atoms. The van der Waals surface area contributed by atoms with Crippen LogP contribution in [0.5, 0.6) is 11.6 Å². The Bertz CT molecular complexity index is 1430. The van der Waals surface area contributed by atoms with Gasteiger partial charge < -0.3 is 34.1 Å². The molecular formula is C26H27N7O3. The second kappa shape index (κ2) is 8.56. The van der Waals surface area contributed by atoms with E-state index in [1.165, 1.54) is 0 Å². The van der Waals surface area contributed by atoms with Crippen molar-refractivity contribution in [3.05, 3.63) is 49.1 Å². The number of rotatable bonds is 5. The third-order valence-corrected chi connectivity index (χ3v) is 7.20. The average molecular weight is 486 g/mol. The van der Waals surface area contributed by atoms with Gasteiger partial charge in [0, 0.05) is 73.6 Å². The summed E-state index contributed by atoms with van der Waals surface area (Å²) in [6.45, 7) is 5.08. The summed E-state index contributed by atoms with van der Waals surface area (Å²) in [6, 6.07) is 8.23. The van der Waals surface area contributed by atoms with Gasteiger partial charge in [0.1, 0.15) is 12.4 Å². The number of hydrogen-bond donors (Lipinski definition) is 2. The van der Waals surface area contributed by atoms with Crippen molar-refractivity contribution in [2.75, 3.05) is 62.1 Å². The van der Waals surface area contributed by atoms with E-state index in [0.29, 0.717) is 30.1 Å². The fourth-order valence-electron chi connectivity index (χ4n) is 5.36. The van der Waals surface area contributed by atoms with E-state index in [9.17, 15) is 0 Å². The number of methoxy groups -OCH3 is 1. The van der Waals surface area contributed by atoms with E-state index < -0.39 is 0 Å². The highest BCUT2D eigenvalue weighted by molar-refractivity contribution is 5.77. The van der Waals surface area contributed by atoms with Crippen LogP contribution in [0.2, 0.25) is 0 Å². The van der Waals surface area contributed by atoms with Crippen LogP contribution in [0, 0.1) is 11.8 Å². The predicted octanol–water partition coefficient (Wildman–Crippen LogP) is 3.43. The Morgan fingerprint density at radius 2 is 2.03 bits per heavy atom. The third kappa shape index (κ3) is 3.65. The van der Waals surface area contributed by atoms with Gasteiger partial charge in [-0.1, -0.05) is 0 Å². The van der Waals surface area contributed by atoms with Gasteiger partial charge in [-0.2, -0.15) is 0 Å². The molecular weight excluding hydrogens is 458 g/mol. The standard InChI is InChI=1S/C26H27N7O3/c1-34-23-9-19(2-3-22(23)33-11-17-14-35-15-18(17)12-33)30-24-25-28-4-6-32(25)13-21(31-24)16-8-20-26(29-10-16)36-7-5-27-20/h2-4,6,8-10,13,17-18,27H,5,7,11-12,14-15H2,1H3,(H,30,31). The Labute approximate surface area is 208 Å². The van der Waals surface area contributed by atoms with Crippen LogP contribution in [0.15, 0.2) is 49.1 Å². The summed E-state index contributed by atoms with van der Waals surface area (Å²) in [5.74, 6) is 3.32. The maximum atomic E-state index is 5.80. The van der Waals surface area contributed by atoms with Crippen molar-refractivity contribution < 1.29 is 14.2 Å². The van der Waals surface area contributed by atoms with Gasteiger partial charge in [-0.15, -0.1) is 0 Å². The van der Waals surface area contributed by atoms with Crippen molar-refractivity contribution in [2.45, 2.75) is 0 Å². The summed E-state index contributed by atoms with van der Waals surface area (Å²) in [6.07, 6.45) is 7.42. The van der Waals surface area contributed by atoms with E-state index in [1.807, 2.05) is 28.9 Å². The minimum Gasteiger partial charge on any atom is -0.495 e. The Kier molecular flexibility index (Phi) is 5.05. The lowest BCUT2D eigenvalue weighted by Gasteiger charge is -2.23. The molecule has 2 N–H and O–H groups in total. The van der Waals surface area contributed by atoms with Crippen molar-refractivity contribution in [3.8, 4) is 22.9 Å². The van der Waals surface area contributed by atoms with Crippen molar-refractivity contribution in [1.82, 2.24) is 19.4 Å². The Hall–Kier alpha value is -4.05. The lowest BCUT2D eigenvalue weighted by molar-refractivity contribution is 0.177. The quantitative estimate of drug-likeness (QED) is 0.441. The van der Waals surface area contributed by atoms with Crippen LogP contribution >= 0.6 is 0 Å². The molecule has 2 saturated heterocycles. The Morgan fingerprint density at radius 1 is 1.14 bits per heavy atom. The minimum absolute atomic E-state index is 0.605. The van der Waals surface area contributed by atoms with E-state index in [-0.39, 0.29) is 0 Å². The van der Waals surface area contributed by atoms with Gasteiger partial charge in [-0.25, -0.2) is 15.0 Å². The molecule has 2 unspecified atom stereocenters. The molecule has 0 bridgehead atoms. The summed E-state index contributed by atoms with van der Waals surface area (Å²) in [4.78, 5) is 16.3. The number of benzene rings is 1. The lowest BCUT2D eigenvalue weighted by Crippen LogP contribution is -2.22. The molecule has 3 aliphatic rings. The number of ether oxygens (including phenoxy) is 3. The topological polar surface area (TPSA) is 98.1 Å². The highest BCUT2D eigenvalue weighted by Gasteiger charge is 2.38. The SMILES string of the molecule is COc1cc(Nc2nc(-c3cnc4c(c3)NCCO4)cn3ccnc23)ccc1N1CC2COCC2C1. The number of hydrogen-bond acceptors (Lipinski definition) is 9. The first-order valence-corrected chi connectivity index (χ1v) is 12.2. The zero-order valence-electron chi connectivity index (χ0n) is 20.0. The summed E-state index contributed by atoms with van der Waals surface area (Å²) in [5, 5.41) is 6.80.